The van der Waals surface area contributed by atoms with Crippen LogP contribution in [0.5, 0.6) is 5.75 Å². The number of hydrogen-bond donors (Lipinski definition) is 2. The molecule has 1 unspecified atom stereocenters. The van der Waals surface area contributed by atoms with Crippen LogP contribution < -0.4 is 9.97 Å². The molecule has 9 nitrogen and oxygen atoms in total. The number of carbonyl (C=O) groups excluding carboxylic acids is 3. The van der Waals surface area contributed by atoms with Crippen molar-refractivity contribution in [2.45, 2.75) is 32.5 Å². The van der Waals surface area contributed by atoms with Crippen LogP contribution in [0.2, 0.25) is 0 Å². The van der Waals surface area contributed by atoms with Crippen molar-refractivity contribution in [2.24, 2.45) is 0 Å². The SMILES string of the molecule is CC(=O)N[C@H]1Cc2cccc(C(=O)OC(C)OC(=O)OCI)c2OB1O. The Morgan fingerprint density at radius 3 is 2.81 bits per heavy atom. The summed E-state index contributed by atoms with van der Waals surface area (Å²) in [7, 11) is -1.31. The number of hydrogen-bond acceptors (Lipinski definition) is 8. The smallest absolute Gasteiger partial charge is 0.534 e. The second-order valence-corrected chi connectivity index (χ2v) is 6.03. The van der Waals surface area contributed by atoms with Crippen molar-refractivity contribution in [1.82, 2.24) is 5.32 Å². The van der Waals surface area contributed by atoms with Gasteiger partial charge in [-0.25, -0.2) is 9.59 Å². The molecular formula is C15H17BINO8. The van der Waals surface area contributed by atoms with Crippen LogP contribution in [-0.4, -0.2) is 47.0 Å². The highest BCUT2D eigenvalue weighted by molar-refractivity contribution is 14.1. The molecule has 140 valence electrons. The second kappa shape index (κ2) is 9.08. The second-order valence-electron chi connectivity index (χ2n) is 5.41. The van der Waals surface area contributed by atoms with E-state index in [1.165, 1.54) is 19.9 Å². The molecule has 2 atom stereocenters. The van der Waals surface area contributed by atoms with Crippen molar-refractivity contribution < 1.29 is 38.3 Å². The maximum Gasteiger partial charge on any atom is 0.547 e. The minimum atomic E-state index is -1.31. The third-order valence-corrected chi connectivity index (χ3v) is 3.75. The van der Waals surface area contributed by atoms with Crippen molar-refractivity contribution in [2.75, 3.05) is 4.61 Å². The Balaban J connectivity index is 2.11. The number of fused-ring (bicyclic) bond motifs is 1. The van der Waals surface area contributed by atoms with Gasteiger partial charge < -0.3 is 29.2 Å². The number of rotatable bonds is 5. The lowest BCUT2D eigenvalue weighted by Gasteiger charge is -2.29. The third kappa shape index (κ3) is 5.24. The third-order valence-electron chi connectivity index (χ3n) is 3.44. The van der Waals surface area contributed by atoms with E-state index in [9.17, 15) is 19.4 Å². The van der Waals surface area contributed by atoms with Gasteiger partial charge in [-0.2, -0.15) is 0 Å². The van der Waals surface area contributed by atoms with Gasteiger partial charge in [0.25, 0.3) is 0 Å². The maximum atomic E-state index is 12.3. The summed E-state index contributed by atoms with van der Waals surface area (Å²) in [6.07, 6.45) is -1.85. The van der Waals surface area contributed by atoms with E-state index in [0.29, 0.717) is 5.56 Å². The summed E-state index contributed by atoms with van der Waals surface area (Å²) in [5, 5.41) is 12.6. The molecule has 0 radical (unpaired) electrons. The molecule has 11 heteroatoms. The average Bonchev–Trinajstić information content (AvgIpc) is 2.54. The Bertz CT molecular complexity index is 700. The summed E-state index contributed by atoms with van der Waals surface area (Å²) in [5.74, 6) is -1.56. The highest BCUT2D eigenvalue weighted by Gasteiger charge is 2.37. The molecule has 0 bridgehead atoms. The quantitative estimate of drug-likeness (QED) is 0.214. The molecule has 0 spiro atoms. The number of nitrogens with one attached hydrogen (secondary N) is 1. The van der Waals surface area contributed by atoms with E-state index in [2.05, 4.69) is 10.1 Å². The standard InChI is InChI=1S/C15H17BINO8/c1-8(19)18-12-6-10-4-3-5-11(13(10)26-16(12)22)14(20)24-9(2)25-15(21)23-7-17/h3-5,9,12,22H,6-7H2,1-2H3,(H,18,19)/t9?,12-/m0/s1. The van der Waals surface area contributed by atoms with Gasteiger partial charge in [0.2, 0.25) is 12.2 Å². The zero-order valence-electron chi connectivity index (χ0n) is 14.1. The first kappa shape index (κ1) is 20.3. The highest BCUT2D eigenvalue weighted by Crippen LogP contribution is 2.30. The summed E-state index contributed by atoms with van der Waals surface area (Å²) in [6.45, 7) is 2.70. The number of benzene rings is 1. The fourth-order valence-corrected chi connectivity index (χ4v) is 2.68. The lowest BCUT2D eigenvalue weighted by molar-refractivity contribution is -0.119. The molecule has 1 aromatic carbocycles. The summed E-state index contributed by atoms with van der Waals surface area (Å²) >= 11 is 1.82. The Hall–Kier alpha value is -2.02. The number of halogens is 1. The van der Waals surface area contributed by atoms with Gasteiger partial charge in [0, 0.05) is 13.8 Å². The van der Waals surface area contributed by atoms with Crippen molar-refractivity contribution >= 4 is 47.7 Å². The molecule has 0 fully saturated rings. The molecule has 26 heavy (non-hydrogen) atoms. The largest absolute Gasteiger partial charge is 0.547 e. The molecule has 0 saturated heterocycles. The lowest BCUT2D eigenvalue weighted by atomic mass is 9.72. The molecule has 0 saturated carbocycles. The molecule has 1 heterocycles. The number of ether oxygens (including phenoxy) is 3. The zero-order valence-corrected chi connectivity index (χ0v) is 16.2. The van der Waals surface area contributed by atoms with Gasteiger partial charge in [-0.3, -0.25) is 4.79 Å². The van der Waals surface area contributed by atoms with E-state index < -0.39 is 31.5 Å². The predicted molar refractivity (Wildman–Crippen MR) is 97.7 cm³/mol. The number of amides is 1. The van der Waals surface area contributed by atoms with E-state index in [4.69, 9.17) is 14.1 Å². The van der Waals surface area contributed by atoms with Crippen LogP contribution in [0.4, 0.5) is 4.79 Å². The minimum absolute atomic E-state index is 0.0699. The van der Waals surface area contributed by atoms with E-state index in [1.807, 2.05) is 22.6 Å². The monoisotopic (exact) mass is 477 g/mol. The first-order valence-electron chi connectivity index (χ1n) is 7.66. The molecule has 1 amide bonds. The van der Waals surface area contributed by atoms with Gasteiger partial charge in [-0.15, -0.1) is 0 Å². The summed E-state index contributed by atoms with van der Waals surface area (Å²) in [6, 6.07) is 4.80. The Morgan fingerprint density at radius 2 is 2.15 bits per heavy atom. The van der Waals surface area contributed by atoms with Crippen molar-refractivity contribution in [1.29, 1.82) is 0 Å². The number of carbonyl (C=O) groups is 3. The Kier molecular flexibility index (Phi) is 7.09. The van der Waals surface area contributed by atoms with Crippen LogP contribution in [-0.2, 0) is 25.4 Å². The van der Waals surface area contributed by atoms with Crippen LogP contribution in [0, 0.1) is 0 Å². The summed E-state index contributed by atoms with van der Waals surface area (Å²) in [5.41, 5.74) is 0.696. The van der Waals surface area contributed by atoms with Crippen LogP contribution in [0.1, 0.15) is 29.8 Å². The van der Waals surface area contributed by atoms with Gasteiger partial charge in [0.05, 0.1) is 5.94 Å². The molecule has 0 aliphatic carbocycles. The van der Waals surface area contributed by atoms with Crippen LogP contribution in [0.25, 0.3) is 0 Å². The lowest BCUT2D eigenvalue weighted by Crippen LogP contribution is -2.52. The molecule has 2 N–H and O–H groups in total. The van der Waals surface area contributed by atoms with E-state index in [-0.39, 0.29) is 28.3 Å². The summed E-state index contributed by atoms with van der Waals surface area (Å²) < 4.78 is 19.9. The fraction of sp³-hybridized carbons (Fsp3) is 0.400. The van der Waals surface area contributed by atoms with Crippen molar-refractivity contribution in [3.63, 3.8) is 0 Å². The van der Waals surface area contributed by atoms with Crippen LogP contribution in [0.15, 0.2) is 18.2 Å². The van der Waals surface area contributed by atoms with Crippen molar-refractivity contribution in [3.8, 4) is 5.75 Å². The zero-order chi connectivity index (χ0) is 19.3. The first-order chi connectivity index (χ1) is 12.3. The Morgan fingerprint density at radius 1 is 1.42 bits per heavy atom. The first-order valence-corrected chi connectivity index (χ1v) is 9.18. The number of para-hydroxylation sites is 1. The van der Waals surface area contributed by atoms with Gasteiger partial charge in [-0.1, -0.05) is 12.1 Å². The molecule has 1 aliphatic rings. The highest BCUT2D eigenvalue weighted by atomic mass is 127. The van der Waals surface area contributed by atoms with Crippen LogP contribution >= 0.6 is 22.6 Å². The van der Waals surface area contributed by atoms with Gasteiger partial charge in [0.15, 0.2) is 0 Å². The van der Waals surface area contributed by atoms with E-state index in [1.54, 1.807) is 12.1 Å². The fourth-order valence-electron chi connectivity index (χ4n) is 2.42. The minimum Gasteiger partial charge on any atom is -0.534 e. The van der Waals surface area contributed by atoms with Gasteiger partial charge >= 0.3 is 19.2 Å². The van der Waals surface area contributed by atoms with Crippen LogP contribution in [0.3, 0.4) is 0 Å². The average molecular weight is 477 g/mol. The van der Waals surface area contributed by atoms with Gasteiger partial charge in [-0.05, 0) is 40.6 Å². The van der Waals surface area contributed by atoms with Crippen molar-refractivity contribution in [3.05, 3.63) is 29.3 Å². The molecular weight excluding hydrogens is 460 g/mol. The predicted octanol–water partition coefficient (Wildman–Crippen LogP) is 1.19. The number of esters is 1. The molecule has 1 aromatic rings. The normalized spacial score (nSPS) is 16.6. The van der Waals surface area contributed by atoms with E-state index >= 15 is 0 Å². The maximum absolute atomic E-state index is 12.3. The molecule has 2 rings (SSSR count). The summed E-state index contributed by atoms with van der Waals surface area (Å²) in [4.78, 5) is 34.8. The van der Waals surface area contributed by atoms with Gasteiger partial charge in [0.1, 0.15) is 15.9 Å². The topological polar surface area (TPSA) is 120 Å². The Labute approximate surface area is 163 Å². The van der Waals surface area contributed by atoms with E-state index in [0.717, 1.165) is 0 Å². The molecule has 1 aliphatic heterocycles. The number of alkyl halides is 1. The molecule has 0 aromatic heterocycles.